The molecule has 0 aliphatic heterocycles. The van der Waals surface area contributed by atoms with Crippen molar-refractivity contribution in [3.8, 4) is 0 Å². The van der Waals surface area contributed by atoms with Gasteiger partial charge in [0.2, 0.25) is 5.91 Å². The molecule has 7 heteroatoms. The van der Waals surface area contributed by atoms with Crippen LogP contribution in [0.1, 0.15) is 91.4 Å². The molecule has 1 amide bonds. The Morgan fingerprint density at radius 2 is 1.42 bits per heavy atom. The second kappa shape index (κ2) is 14.7. The Kier molecular flexibility index (Phi) is 14.6. The van der Waals surface area contributed by atoms with E-state index in [9.17, 15) is 17.8 Å². The zero-order valence-electron chi connectivity index (χ0n) is 16.8. The Hall–Kier alpha value is -0.270. The average Bonchev–Trinajstić information content (AvgIpc) is 2.48. The number of carbonyl (C=O) groups excluding carboxylic acids is 1. The predicted molar refractivity (Wildman–Crippen MR) is 111 cm³/mol. The summed E-state index contributed by atoms with van der Waals surface area (Å²) in [5.74, 6) is 0.998. The lowest BCUT2D eigenvalue weighted by molar-refractivity contribution is -0.122. The summed E-state index contributed by atoms with van der Waals surface area (Å²) in [5, 5.41) is 2.62. The van der Waals surface area contributed by atoms with Crippen molar-refractivity contribution in [3.63, 3.8) is 0 Å². The van der Waals surface area contributed by atoms with Crippen LogP contribution in [0.3, 0.4) is 0 Å². The van der Waals surface area contributed by atoms with Crippen molar-refractivity contribution >= 4 is 27.8 Å². The molecular formula is C19H38NO4S2-. The molecule has 0 saturated heterocycles. The molecule has 0 rings (SSSR count). The van der Waals surface area contributed by atoms with Gasteiger partial charge in [-0.2, -0.15) is 11.8 Å². The van der Waals surface area contributed by atoms with Crippen molar-refractivity contribution in [2.24, 2.45) is 0 Å². The molecule has 0 aliphatic rings. The highest BCUT2D eigenvalue weighted by Crippen LogP contribution is 2.13. The zero-order valence-corrected chi connectivity index (χ0v) is 18.5. The van der Waals surface area contributed by atoms with E-state index in [-0.39, 0.29) is 5.91 Å². The minimum Gasteiger partial charge on any atom is -0.748 e. The Balaban J connectivity index is 3.48. The van der Waals surface area contributed by atoms with Crippen LogP contribution < -0.4 is 5.32 Å². The molecule has 0 heterocycles. The Morgan fingerprint density at radius 1 is 0.923 bits per heavy atom. The average molecular weight is 409 g/mol. The van der Waals surface area contributed by atoms with E-state index in [1.807, 2.05) is 0 Å². The molecule has 0 atom stereocenters. The molecule has 26 heavy (non-hydrogen) atoms. The first-order valence-corrected chi connectivity index (χ1v) is 12.7. The zero-order chi connectivity index (χ0) is 19.9. The Morgan fingerprint density at radius 3 is 1.92 bits per heavy atom. The van der Waals surface area contributed by atoms with E-state index >= 15 is 0 Å². The van der Waals surface area contributed by atoms with E-state index in [4.69, 9.17) is 0 Å². The first-order chi connectivity index (χ1) is 12.2. The minimum atomic E-state index is -4.35. The van der Waals surface area contributed by atoms with Gasteiger partial charge in [-0.1, -0.05) is 64.7 Å². The Bertz CT molecular complexity index is 464. The van der Waals surface area contributed by atoms with Crippen molar-refractivity contribution in [3.05, 3.63) is 0 Å². The number of unbranched alkanes of at least 4 members (excludes halogenated alkanes) is 9. The van der Waals surface area contributed by atoms with Gasteiger partial charge in [-0.3, -0.25) is 4.79 Å². The van der Waals surface area contributed by atoms with Gasteiger partial charge in [0.1, 0.15) is 0 Å². The SMILES string of the molecule is CCCCCCCCCCCCSCCC(=O)NC(C)(C)CS(=O)(=O)[O-]. The molecule has 0 aromatic carbocycles. The van der Waals surface area contributed by atoms with Gasteiger partial charge in [-0.15, -0.1) is 0 Å². The number of rotatable bonds is 17. The molecule has 5 nitrogen and oxygen atoms in total. The summed E-state index contributed by atoms with van der Waals surface area (Å²) in [5.41, 5.74) is -1.02. The maximum Gasteiger partial charge on any atom is 0.221 e. The van der Waals surface area contributed by atoms with Crippen molar-refractivity contribution in [2.45, 2.75) is 96.9 Å². The molecule has 0 aromatic heterocycles. The monoisotopic (exact) mass is 408 g/mol. The lowest BCUT2D eigenvalue weighted by Gasteiger charge is -2.27. The van der Waals surface area contributed by atoms with Gasteiger partial charge in [-0.25, -0.2) is 8.42 Å². The molecule has 0 aliphatic carbocycles. The van der Waals surface area contributed by atoms with Crippen LogP contribution in [0.25, 0.3) is 0 Å². The molecule has 0 bridgehead atoms. The maximum absolute atomic E-state index is 11.8. The highest BCUT2D eigenvalue weighted by molar-refractivity contribution is 7.99. The molecule has 0 fully saturated rings. The first-order valence-electron chi connectivity index (χ1n) is 9.98. The summed E-state index contributed by atoms with van der Waals surface area (Å²) >= 11 is 1.76. The van der Waals surface area contributed by atoms with Crippen LogP contribution in [0.2, 0.25) is 0 Å². The molecule has 0 unspecified atom stereocenters. The number of thioether (sulfide) groups is 1. The van der Waals surface area contributed by atoms with Crippen LogP contribution in [-0.4, -0.2) is 41.7 Å². The number of hydrogen-bond donors (Lipinski definition) is 1. The molecular weight excluding hydrogens is 370 g/mol. The van der Waals surface area contributed by atoms with E-state index in [2.05, 4.69) is 12.2 Å². The minimum absolute atomic E-state index is 0.200. The van der Waals surface area contributed by atoms with Gasteiger partial charge >= 0.3 is 0 Å². The second-order valence-corrected chi connectivity index (χ2v) is 10.3. The largest absolute Gasteiger partial charge is 0.748 e. The van der Waals surface area contributed by atoms with E-state index in [0.29, 0.717) is 6.42 Å². The van der Waals surface area contributed by atoms with Crippen LogP contribution in [-0.2, 0) is 14.9 Å². The summed E-state index contributed by atoms with van der Waals surface area (Å²) in [6.45, 7) is 5.35. The highest BCUT2D eigenvalue weighted by Gasteiger charge is 2.23. The molecule has 0 saturated carbocycles. The van der Waals surface area contributed by atoms with Crippen molar-refractivity contribution in [1.82, 2.24) is 5.32 Å². The number of hydrogen-bond acceptors (Lipinski definition) is 5. The van der Waals surface area contributed by atoms with Crippen LogP contribution in [0, 0.1) is 0 Å². The van der Waals surface area contributed by atoms with Gasteiger partial charge in [0.05, 0.1) is 15.9 Å². The maximum atomic E-state index is 11.8. The van der Waals surface area contributed by atoms with E-state index in [1.54, 1.807) is 25.6 Å². The fourth-order valence-electron chi connectivity index (χ4n) is 2.88. The number of carbonyl (C=O) groups is 1. The summed E-state index contributed by atoms with van der Waals surface area (Å²) in [4.78, 5) is 11.8. The first kappa shape index (κ1) is 25.7. The predicted octanol–water partition coefficient (Wildman–Crippen LogP) is 4.47. The molecule has 0 spiro atoms. The fraction of sp³-hybridized carbons (Fsp3) is 0.947. The molecule has 1 N–H and O–H groups in total. The summed E-state index contributed by atoms with van der Waals surface area (Å²) < 4.78 is 32.4. The van der Waals surface area contributed by atoms with Crippen LogP contribution in [0.15, 0.2) is 0 Å². The standard InChI is InChI=1S/C19H39NO4S2/c1-4-5-6-7-8-9-10-11-12-13-15-25-16-14-18(21)20-19(2,3)17-26(22,23)24/h4-17H2,1-3H3,(H,20,21)(H,22,23,24)/p-1. The second-order valence-electron chi connectivity index (χ2n) is 7.68. The van der Waals surface area contributed by atoms with Crippen molar-refractivity contribution < 1.29 is 17.8 Å². The fourth-order valence-corrected chi connectivity index (χ4v) is 4.77. The molecule has 0 aromatic rings. The van der Waals surface area contributed by atoms with Crippen LogP contribution in [0.4, 0.5) is 0 Å². The summed E-state index contributed by atoms with van der Waals surface area (Å²) in [7, 11) is -4.35. The smallest absolute Gasteiger partial charge is 0.221 e. The van der Waals surface area contributed by atoms with Gasteiger partial charge in [-0.05, 0) is 26.0 Å². The normalized spacial score (nSPS) is 12.3. The number of amides is 1. The van der Waals surface area contributed by atoms with E-state index in [0.717, 1.165) is 11.5 Å². The van der Waals surface area contributed by atoms with Gasteiger partial charge in [0.25, 0.3) is 0 Å². The van der Waals surface area contributed by atoms with E-state index < -0.39 is 21.4 Å². The van der Waals surface area contributed by atoms with Crippen molar-refractivity contribution in [1.29, 1.82) is 0 Å². The third-order valence-electron chi connectivity index (χ3n) is 4.13. The quantitative estimate of drug-likeness (QED) is 0.283. The van der Waals surface area contributed by atoms with Gasteiger partial charge in [0.15, 0.2) is 0 Å². The lowest BCUT2D eigenvalue weighted by atomic mass is 10.1. The Labute approximate surface area is 165 Å². The summed E-state index contributed by atoms with van der Waals surface area (Å²) in [6.07, 6.45) is 13.6. The van der Waals surface area contributed by atoms with Gasteiger partial charge in [0, 0.05) is 17.7 Å². The third-order valence-corrected chi connectivity index (χ3v) is 6.28. The topological polar surface area (TPSA) is 86.3 Å². The van der Waals surface area contributed by atoms with Crippen LogP contribution in [0.5, 0.6) is 0 Å². The van der Waals surface area contributed by atoms with Crippen molar-refractivity contribution in [2.75, 3.05) is 17.3 Å². The highest BCUT2D eigenvalue weighted by atomic mass is 32.2. The molecule has 156 valence electrons. The summed E-state index contributed by atoms with van der Waals surface area (Å²) in [6, 6.07) is 0. The number of nitrogens with one attached hydrogen (secondary N) is 1. The molecule has 0 radical (unpaired) electrons. The van der Waals surface area contributed by atoms with E-state index in [1.165, 1.54) is 64.2 Å². The third kappa shape index (κ3) is 18.5. The van der Waals surface area contributed by atoms with Gasteiger partial charge < -0.3 is 9.87 Å². The van der Waals surface area contributed by atoms with Crippen LogP contribution >= 0.6 is 11.8 Å². The lowest BCUT2D eigenvalue weighted by Crippen LogP contribution is -2.48.